The Labute approximate surface area is 129 Å². The van der Waals surface area contributed by atoms with Crippen molar-refractivity contribution in [2.24, 2.45) is 0 Å². The smallest absolute Gasteiger partial charge is 0.217 e. The summed E-state index contributed by atoms with van der Waals surface area (Å²) in [6.07, 6.45) is -0.761. The van der Waals surface area contributed by atoms with Gasteiger partial charge in [-0.1, -0.05) is 30.3 Å². The van der Waals surface area contributed by atoms with Crippen LogP contribution in [-0.4, -0.2) is 44.2 Å². The quantitative estimate of drug-likeness (QED) is 0.913. The van der Waals surface area contributed by atoms with Crippen molar-refractivity contribution < 1.29 is 23.7 Å². The minimum Gasteiger partial charge on any atom is -0.356 e. The van der Waals surface area contributed by atoms with E-state index in [-0.39, 0.29) is 30.4 Å². The van der Waals surface area contributed by atoms with Crippen LogP contribution in [0.3, 0.4) is 0 Å². The molecule has 0 saturated carbocycles. The summed E-state index contributed by atoms with van der Waals surface area (Å²) in [5.41, 5.74) is 0.955. The number of rotatable bonds is 3. The van der Waals surface area contributed by atoms with E-state index in [4.69, 9.17) is 18.9 Å². The lowest BCUT2D eigenvalue weighted by Crippen LogP contribution is -2.60. The zero-order chi connectivity index (χ0) is 15.5. The van der Waals surface area contributed by atoms with E-state index in [1.54, 1.807) is 7.11 Å². The van der Waals surface area contributed by atoms with Crippen LogP contribution in [0.15, 0.2) is 30.3 Å². The fraction of sp³-hybridized carbons (Fsp3) is 0.562. The molecule has 2 fully saturated rings. The lowest BCUT2D eigenvalue weighted by atomic mass is 9.97. The van der Waals surface area contributed by atoms with Crippen molar-refractivity contribution in [3.05, 3.63) is 35.9 Å². The predicted octanol–water partition coefficient (Wildman–Crippen LogP) is 1.37. The van der Waals surface area contributed by atoms with Crippen molar-refractivity contribution in [1.82, 2.24) is 5.32 Å². The van der Waals surface area contributed by atoms with Gasteiger partial charge in [0.15, 0.2) is 12.6 Å². The van der Waals surface area contributed by atoms with Crippen molar-refractivity contribution in [2.45, 2.75) is 44.2 Å². The van der Waals surface area contributed by atoms with Crippen LogP contribution in [0.4, 0.5) is 0 Å². The Morgan fingerprint density at radius 2 is 2.05 bits per heavy atom. The Balaban J connectivity index is 1.75. The minimum atomic E-state index is -0.443. The summed E-state index contributed by atoms with van der Waals surface area (Å²) in [5.74, 6) is -0.0909. The molecule has 0 bridgehead atoms. The molecule has 0 aliphatic carbocycles. The van der Waals surface area contributed by atoms with Gasteiger partial charge in [0.1, 0.15) is 12.2 Å². The molecule has 2 aliphatic heterocycles. The standard InChI is InChI=1S/C16H21NO5/c1-10(18)17-12-8-14(19-2)21-13-9-20-16(22-15(12)13)11-6-4-3-5-7-11/h3-7,12-16H,8-9H2,1-2H3,(H,17,18)/t12-,13-,14-,15+,16+/m0/s1. The molecule has 2 heterocycles. The van der Waals surface area contributed by atoms with Crippen LogP contribution in [0.5, 0.6) is 0 Å². The van der Waals surface area contributed by atoms with E-state index < -0.39 is 6.29 Å². The molecule has 0 unspecified atom stereocenters. The highest BCUT2D eigenvalue weighted by Crippen LogP contribution is 2.33. The highest BCUT2D eigenvalue weighted by Gasteiger charge is 2.44. The molecular weight excluding hydrogens is 286 g/mol. The van der Waals surface area contributed by atoms with Gasteiger partial charge < -0.3 is 24.3 Å². The number of methoxy groups -OCH3 is 1. The minimum absolute atomic E-state index is 0.0909. The number of amides is 1. The lowest BCUT2D eigenvalue weighted by molar-refractivity contribution is -0.319. The normalized spacial score (nSPS) is 34.7. The van der Waals surface area contributed by atoms with Gasteiger partial charge in [-0.05, 0) is 0 Å². The van der Waals surface area contributed by atoms with Gasteiger partial charge in [-0.2, -0.15) is 0 Å². The number of nitrogens with one attached hydrogen (secondary N) is 1. The summed E-state index contributed by atoms with van der Waals surface area (Å²) in [4.78, 5) is 11.5. The number of carbonyl (C=O) groups excluding carboxylic acids is 1. The summed E-state index contributed by atoms with van der Waals surface area (Å²) in [6.45, 7) is 1.90. The maximum atomic E-state index is 11.5. The van der Waals surface area contributed by atoms with E-state index in [9.17, 15) is 4.79 Å². The van der Waals surface area contributed by atoms with Gasteiger partial charge in [0.25, 0.3) is 0 Å². The number of benzene rings is 1. The maximum Gasteiger partial charge on any atom is 0.217 e. The molecule has 2 saturated heterocycles. The Kier molecular flexibility index (Phi) is 4.73. The summed E-state index contributed by atoms with van der Waals surface area (Å²) < 4.78 is 22.9. The molecule has 6 heteroatoms. The molecule has 1 aromatic carbocycles. The Hall–Kier alpha value is -1.47. The maximum absolute atomic E-state index is 11.5. The molecule has 1 aromatic rings. The highest BCUT2D eigenvalue weighted by molar-refractivity contribution is 5.73. The van der Waals surface area contributed by atoms with Gasteiger partial charge in [-0.3, -0.25) is 4.79 Å². The SMILES string of the molecule is CO[C@@H]1C[C@H](NC(C)=O)[C@H]2O[C@H](c3ccccc3)OC[C@@H]2O1. The fourth-order valence-electron chi connectivity index (χ4n) is 2.95. The first-order valence-electron chi connectivity index (χ1n) is 7.44. The van der Waals surface area contributed by atoms with E-state index in [2.05, 4.69) is 5.32 Å². The summed E-state index contributed by atoms with van der Waals surface area (Å²) in [6, 6.07) is 9.59. The van der Waals surface area contributed by atoms with Gasteiger partial charge in [0.05, 0.1) is 12.6 Å². The van der Waals surface area contributed by atoms with Crippen LogP contribution >= 0.6 is 0 Å². The Morgan fingerprint density at radius 1 is 1.27 bits per heavy atom. The first kappa shape index (κ1) is 15.4. The van der Waals surface area contributed by atoms with Crippen LogP contribution < -0.4 is 5.32 Å². The second-order valence-corrected chi connectivity index (χ2v) is 5.56. The predicted molar refractivity (Wildman–Crippen MR) is 77.9 cm³/mol. The second-order valence-electron chi connectivity index (χ2n) is 5.56. The van der Waals surface area contributed by atoms with Crippen LogP contribution in [0.1, 0.15) is 25.2 Å². The molecule has 1 N–H and O–H groups in total. The van der Waals surface area contributed by atoms with Crippen molar-refractivity contribution in [1.29, 1.82) is 0 Å². The van der Waals surface area contributed by atoms with Crippen molar-refractivity contribution in [2.75, 3.05) is 13.7 Å². The van der Waals surface area contributed by atoms with Gasteiger partial charge in [0, 0.05) is 26.0 Å². The molecule has 1 amide bonds. The first-order valence-corrected chi connectivity index (χ1v) is 7.44. The van der Waals surface area contributed by atoms with Crippen LogP contribution in [-0.2, 0) is 23.7 Å². The zero-order valence-electron chi connectivity index (χ0n) is 12.7. The molecule has 0 spiro atoms. The van der Waals surface area contributed by atoms with Crippen molar-refractivity contribution in [3.8, 4) is 0 Å². The first-order chi connectivity index (χ1) is 10.7. The molecule has 0 aromatic heterocycles. The van der Waals surface area contributed by atoms with Gasteiger partial charge in [0.2, 0.25) is 5.91 Å². The topological polar surface area (TPSA) is 66.0 Å². The number of hydrogen-bond acceptors (Lipinski definition) is 5. The summed E-state index contributed by atoms with van der Waals surface area (Å²) in [7, 11) is 1.59. The van der Waals surface area contributed by atoms with Crippen molar-refractivity contribution in [3.63, 3.8) is 0 Å². The number of carbonyl (C=O) groups is 1. The monoisotopic (exact) mass is 307 g/mol. The Bertz CT molecular complexity index is 509. The number of fused-ring (bicyclic) bond motifs is 1. The fourth-order valence-corrected chi connectivity index (χ4v) is 2.95. The third-order valence-electron chi connectivity index (χ3n) is 3.95. The molecule has 2 aliphatic rings. The molecule has 5 atom stereocenters. The molecule has 22 heavy (non-hydrogen) atoms. The molecule has 0 radical (unpaired) electrons. The summed E-state index contributed by atoms with van der Waals surface area (Å²) in [5, 5.41) is 2.94. The van der Waals surface area contributed by atoms with Gasteiger partial charge in [-0.25, -0.2) is 0 Å². The van der Waals surface area contributed by atoms with Gasteiger partial charge in [-0.15, -0.1) is 0 Å². The largest absolute Gasteiger partial charge is 0.356 e. The van der Waals surface area contributed by atoms with Crippen LogP contribution in [0.25, 0.3) is 0 Å². The van der Waals surface area contributed by atoms with E-state index in [1.807, 2.05) is 30.3 Å². The average molecular weight is 307 g/mol. The van der Waals surface area contributed by atoms with Gasteiger partial charge >= 0.3 is 0 Å². The molecular formula is C16H21NO5. The average Bonchev–Trinajstić information content (AvgIpc) is 2.54. The van der Waals surface area contributed by atoms with E-state index in [0.29, 0.717) is 13.0 Å². The van der Waals surface area contributed by atoms with E-state index in [1.165, 1.54) is 6.92 Å². The third-order valence-corrected chi connectivity index (χ3v) is 3.95. The van der Waals surface area contributed by atoms with Crippen molar-refractivity contribution >= 4 is 5.91 Å². The van der Waals surface area contributed by atoms with E-state index >= 15 is 0 Å². The van der Waals surface area contributed by atoms with Crippen LogP contribution in [0, 0.1) is 0 Å². The molecule has 6 nitrogen and oxygen atoms in total. The summed E-state index contributed by atoms with van der Waals surface area (Å²) >= 11 is 0. The Morgan fingerprint density at radius 3 is 2.73 bits per heavy atom. The number of hydrogen-bond donors (Lipinski definition) is 1. The second kappa shape index (κ2) is 6.75. The molecule has 3 rings (SSSR count). The zero-order valence-corrected chi connectivity index (χ0v) is 12.7. The van der Waals surface area contributed by atoms with E-state index in [0.717, 1.165) is 5.56 Å². The third kappa shape index (κ3) is 3.30. The molecule has 120 valence electrons. The van der Waals surface area contributed by atoms with Crippen LogP contribution in [0.2, 0.25) is 0 Å². The lowest BCUT2D eigenvalue weighted by Gasteiger charge is -2.45. The highest BCUT2D eigenvalue weighted by atomic mass is 16.7. The number of ether oxygens (including phenoxy) is 4.